The average molecular weight is 443 g/mol. The van der Waals surface area contributed by atoms with Gasteiger partial charge in [0.25, 0.3) is 0 Å². The van der Waals surface area contributed by atoms with Crippen LogP contribution in [-0.2, 0) is 4.79 Å². The number of ether oxygens (including phenoxy) is 1. The Kier molecular flexibility index (Phi) is 7.55. The topological polar surface area (TPSA) is 65.1 Å². The molecule has 1 unspecified atom stereocenters. The zero-order valence-electron chi connectivity index (χ0n) is 19.6. The number of amides is 3. The summed E-state index contributed by atoms with van der Waals surface area (Å²) in [6.07, 6.45) is 6.99. The van der Waals surface area contributed by atoms with Crippen molar-refractivity contribution >= 4 is 17.6 Å². The van der Waals surface area contributed by atoms with Gasteiger partial charge in [-0.05, 0) is 61.8 Å². The summed E-state index contributed by atoms with van der Waals surface area (Å²) in [5, 5.41) is 2.98. The smallest absolute Gasteiger partial charge is 0.321 e. The molecule has 7 nitrogen and oxygen atoms in total. The number of hydrogen-bond donors (Lipinski definition) is 1. The Bertz CT molecular complexity index is 762. The van der Waals surface area contributed by atoms with Gasteiger partial charge in [-0.2, -0.15) is 0 Å². The summed E-state index contributed by atoms with van der Waals surface area (Å²) in [5.41, 5.74) is 0.761. The summed E-state index contributed by atoms with van der Waals surface area (Å²) < 4.78 is 5.18. The number of hydrogen-bond acceptors (Lipinski definition) is 4. The molecule has 3 aliphatic rings. The van der Waals surface area contributed by atoms with E-state index in [0.29, 0.717) is 24.9 Å². The van der Waals surface area contributed by atoms with E-state index in [-0.39, 0.29) is 12.1 Å². The van der Waals surface area contributed by atoms with Gasteiger partial charge in [0.15, 0.2) is 0 Å². The van der Waals surface area contributed by atoms with Crippen LogP contribution >= 0.6 is 0 Å². The molecule has 2 aliphatic heterocycles. The molecule has 0 spiro atoms. The van der Waals surface area contributed by atoms with Crippen LogP contribution in [0.25, 0.3) is 0 Å². The van der Waals surface area contributed by atoms with E-state index in [4.69, 9.17) is 4.74 Å². The number of nitrogens with one attached hydrogen (secondary N) is 1. The molecule has 4 rings (SSSR count). The first-order valence-corrected chi connectivity index (χ1v) is 12.3. The summed E-state index contributed by atoms with van der Waals surface area (Å²) in [5.74, 6) is 2.28. The first kappa shape index (κ1) is 22.9. The maximum Gasteiger partial charge on any atom is 0.321 e. The van der Waals surface area contributed by atoms with E-state index in [1.54, 1.807) is 7.11 Å². The minimum Gasteiger partial charge on any atom is -0.497 e. The van der Waals surface area contributed by atoms with Gasteiger partial charge in [0.2, 0.25) is 5.91 Å². The Morgan fingerprint density at radius 1 is 0.906 bits per heavy atom. The van der Waals surface area contributed by atoms with Crippen LogP contribution in [0.2, 0.25) is 0 Å². The third-order valence-corrected chi connectivity index (χ3v) is 7.53. The molecule has 1 saturated carbocycles. The fourth-order valence-electron chi connectivity index (χ4n) is 5.43. The Morgan fingerprint density at radius 2 is 1.53 bits per heavy atom. The monoisotopic (exact) mass is 442 g/mol. The minimum absolute atomic E-state index is 0.0160. The van der Waals surface area contributed by atoms with Gasteiger partial charge in [0, 0.05) is 45.0 Å². The summed E-state index contributed by atoms with van der Waals surface area (Å²) in [6.45, 7) is 6.89. The van der Waals surface area contributed by atoms with Crippen molar-refractivity contribution in [3.8, 4) is 5.75 Å². The fourth-order valence-corrected chi connectivity index (χ4v) is 5.43. The molecule has 176 valence electrons. The number of anilines is 1. The van der Waals surface area contributed by atoms with E-state index in [1.807, 2.05) is 29.2 Å². The van der Waals surface area contributed by atoms with E-state index in [9.17, 15) is 9.59 Å². The molecule has 2 heterocycles. The van der Waals surface area contributed by atoms with Gasteiger partial charge in [-0.25, -0.2) is 4.79 Å². The molecule has 1 N–H and O–H groups in total. The summed E-state index contributed by atoms with van der Waals surface area (Å²) >= 11 is 0. The highest BCUT2D eigenvalue weighted by atomic mass is 16.5. The SMILES string of the molecule is COc1ccc(NC(=O)N2CCN(C(C(=O)N3CCC(C)CC3)C3CCCC3)CC2)cc1. The van der Waals surface area contributed by atoms with Crippen LogP contribution < -0.4 is 10.1 Å². The quantitative estimate of drug-likeness (QED) is 0.756. The highest BCUT2D eigenvalue weighted by molar-refractivity contribution is 5.89. The molecule has 2 saturated heterocycles. The second-order valence-electron chi connectivity index (χ2n) is 9.68. The van der Waals surface area contributed by atoms with Crippen molar-refractivity contribution in [3.05, 3.63) is 24.3 Å². The van der Waals surface area contributed by atoms with Crippen molar-refractivity contribution in [2.45, 2.75) is 51.5 Å². The number of piperidine rings is 1. The van der Waals surface area contributed by atoms with Crippen LogP contribution in [0.5, 0.6) is 5.75 Å². The number of carbonyl (C=O) groups excluding carboxylic acids is 2. The number of piperazine rings is 1. The third-order valence-electron chi connectivity index (χ3n) is 7.53. The van der Waals surface area contributed by atoms with Gasteiger partial charge in [0.1, 0.15) is 5.75 Å². The second kappa shape index (κ2) is 10.6. The summed E-state index contributed by atoms with van der Waals surface area (Å²) in [6, 6.07) is 7.28. The molecule has 1 aromatic rings. The molecule has 3 amide bonds. The van der Waals surface area contributed by atoms with E-state index in [0.717, 1.165) is 69.2 Å². The van der Waals surface area contributed by atoms with E-state index < -0.39 is 0 Å². The van der Waals surface area contributed by atoms with Crippen molar-refractivity contribution in [1.29, 1.82) is 0 Å². The number of likely N-dealkylation sites (tertiary alicyclic amines) is 1. The first-order chi connectivity index (χ1) is 15.5. The van der Waals surface area contributed by atoms with Crippen molar-refractivity contribution < 1.29 is 14.3 Å². The van der Waals surface area contributed by atoms with Gasteiger partial charge in [-0.15, -0.1) is 0 Å². The van der Waals surface area contributed by atoms with E-state index >= 15 is 0 Å². The molecule has 0 bridgehead atoms. The lowest BCUT2D eigenvalue weighted by molar-refractivity contribution is -0.141. The largest absolute Gasteiger partial charge is 0.497 e. The van der Waals surface area contributed by atoms with Gasteiger partial charge in [0.05, 0.1) is 13.2 Å². The maximum atomic E-state index is 13.6. The summed E-state index contributed by atoms with van der Waals surface area (Å²) in [7, 11) is 1.63. The third kappa shape index (κ3) is 5.37. The normalized spacial score (nSPS) is 22.1. The van der Waals surface area contributed by atoms with E-state index in [2.05, 4.69) is 22.0 Å². The van der Waals surface area contributed by atoms with Crippen molar-refractivity contribution in [3.63, 3.8) is 0 Å². The zero-order valence-corrected chi connectivity index (χ0v) is 19.6. The molecule has 0 radical (unpaired) electrons. The van der Waals surface area contributed by atoms with E-state index in [1.165, 1.54) is 12.8 Å². The average Bonchev–Trinajstić information content (AvgIpc) is 3.35. The zero-order chi connectivity index (χ0) is 22.5. The van der Waals surface area contributed by atoms with Crippen LogP contribution in [0, 0.1) is 11.8 Å². The molecule has 1 atom stereocenters. The van der Waals surface area contributed by atoms with Gasteiger partial charge in [-0.1, -0.05) is 19.8 Å². The van der Waals surface area contributed by atoms with Crippen LogP contribution in [0.15, 0.2) is 24.3 Å². The molecule has 7 heteroatoms. The Balaban J connectivity index is 1.35. The molecular weight excluding hydrogens is 404 g/mol. The highest BCUT2D eigenvalue weighted by Gasteiger charge is 2.39. The molecule has 1 aliphatic carbocycles. The molecule has 32 heavy (non-hydrogen) atoms. The number of nitrogens with zero attached hydrogens (tertiary/aromatic N) is 3. The number of rotatable bonds is 5. The van der Waals surface area contributed by atoms with Crippen molar-refractivity contribution in [2.24, 2.45) is 11.8 Å². The first-order valence-electron chi connectivity index (χ1n) is 12.3. The number of benzene rings is 1. The van der Waals surface area contributed by atoms with Crippen LogP contribution in [0.1, 0.15) is 45.4 Å². The molecular formula is C25H38N4O3. The molecule has 0 aromatic heterocycles. The fraction of sp³-hybridized carbons (Fsp3) is 0.680. The predicted octanol–water partition coefficient (Wildman–Crippen LogP) is 3.66. The molecule has 3 fully saturated rings. The lowest BCUT2D eigenvalue weighted by Gasteiger charge is -2.43. The van der Waals surface area contributed by atoms with Gasteiger partial charge < -0.3 is 19.9 Å². The Morgan fingerprint density at radius 3 is 2.12 bits per heavy atom. The van der Waals surface area contributed by atoms with Crippen LogP contribution in [-0.4, -0.2) is 79.1 Å². The van der Waals surface area contributed by atoms with Crippen molar-refractivity contribution in [1.82, 2.24) is 14.7 Å². The lowest BCUT2D eigenvalue weighted by atomic mass is 9.92. The number of carbonyl (C=O) groups is 2. The maximum absolute atomic E-state index is 13.6. The van der Waals surface area contributed by atoms with Crippen LogP contribution in [0.4, 0.5) is 10.5 Å². The lowest BCUT2D eigenvalue weighted by Crippen LogP contribution is -2.59. The van der Waals surface area contributed by atoms with Crippen molar-refractivity contribution in [2.75, 3.05) is 51.7 Å². The second-order valence-corrected chi connectivity index (χ2v) is 9.68. The van der Waals surface area contributed by atoms with Gasteiger partial charge in [-0.3, -0.25) is 9.69 Å². The molecule has 1 aromatic carbocycles. The minimum atomic E-state index is -0.0800. The summed E-state index contributed by atoms with van der Waals surface area (Å²) in [4.78, 5) is 32.7. The highest BCUT2D eigenvalue weighted by Crippen LogP contribution is 2.33. The number of methoxy groups -OCH3 is 1. The Hall–Kier alpha value is -2.28. The number of urea groups is 1. The van der Waals surface area contributed by atoms with Crippen LogP contribution in [0.3, 0.4) is 0 Å². The standard InChI is InChI=1S/C25H38N4O3/c1-19-11-13-28(14-12-19)24(30)23(20-5-3-4-6-20)27-15-17-29(18-16-27)25(31)26-21-7-9-22(32-2)10-8-21/h7-10,19-20,23H,3-6,11-18H2,1-2H3,(H,26,31). The Labute approximate surface area is 192 Å². The predicted molar refractivity (Wildman–Crippen MR) is 126 cm³/mol. The van der Waals surface area contributed by atoms with Gasteiger partial charge >= 0.3 is 6.03 Å².